The van der Waals surface area contributed by atoms with E-state index < -0.39 is 0 Å². The molecule has 2 unspecified atom stereocenters. The van der Waals surface area contributed by atoms with Crippen LogP contribution in [0.15, 0.2) is 29.8 Å². The lowest BCUT2D eigenvalue weighted by Crippen LogP contribution is -2.57. The minimum Gasteiger partial charge on any atom is -0.339 e. The average molecular weight is 358 g/mol. The first-order valence-corrected chi connectivity index (χ1v) is 9.71. The van der Waals surface area contributed by atoms with Crippen molar-refractivity contribution in [2.75, 3.05) is 19.6 Å². The van der Waals surface area contributed by atoms with E-state index in [-0.39, 0.29) is 17.9 Å². The maximum atomic E-state index is 12.5. The first kappa shape index (κ1) is 16.3. The van der Waals surface area contributed by atoms with Crippen molar-refractivity contribution in [3.63, 3.8) is 0 Å². The van der Waals surface area contributed by atoms with Crippen molar-refractivity contribution >= 4 is 23.2 Å². The highest BCUT2D eigenvalue weighted by molar-refractivity contribution is 7.09. The van der Waals surface area contributed by atoms with E-state index in [1.165, 1.54) is 4.88 Å². The van der Waals surface area contributed by atoms with E-state index in [4.69, 9.17) is 0 Å². The Bertz CT molecular complexity index is 728. The van der Waals surface area contributed by atoms with Gasteiger partial charge in [0.05, 0.1) is 0 Å². The summed E-state index contributed by atoms with van der Waals surface area (Å²) in [6.07, 6.45) is 4.86. The second-order valence-corrected chi connectivity index (χ2v) is 7.83. The number of nitrogens with zero attached hydrogens (tertiary/aromatic N) is 3. The molecular weight excluding hydrogens is 336 g/mol. The number of H-pyrrole nitrogens is 1. The summed E-state index contributed by atoms with van der Waals surface area (Å²) in [4.78, 5) is 30.3. The van der Waals surface area contributed by atoms with Crippen LogP contribution >= 0.6 is 11.3 Å². The molecule has 0 bridgehead atoms. The highest BCUT2D eigenvalue weighted by Gasteiger charge is 2.40. The van der Waals surface area contributed by atoms with Gasteiger partial charge < -0.3 is 9.80 Å². The molecule has 0 aliphatic carbocycles. The lowest BCUT2D eigenvalue weighted by atomic mass is 9.83. The number of amides is 2. The smallest absolute Gasteiger partial charge is 0.271 e. The van der Waals surface area contributed by atoms with Gasteiger partial charge in [0.15, 0.2) is 0 Å². The molecule has 2 aliphatic heterocycles. The van der Waals surface area contributed by atoms with Crippen molar-refractivity contribution in [3.8, 4) is 0 Å². The molecule has 7 heteroatoms. The molecule has 25 heavy (non-hydrogen) atoms. The Hall–Kier alpha value is -2.15. The number of carbonyl (C=O) groups excluding carboxylic acids is 2. The third-order valence-electron chi connectivity index (χ3n) is 5.34. The third-order valence-corrected chi connectivity index (χ3v) is 6.28. The summed E-state index contributed by atoms with van der Waals surface area (Å²) >= 11 is 1.74. The zero-order valence-electron chi connectivity index (χ0n) is 14.1. The molecule has 4 rings (SSSR count). The Morgan fingerprint density at radius 1 is 1.36 bits per heavy atom. The number of hydrogen-bond donors (Lipinski definition) is 1. The van der Waals surface area contributed by atoms with E-state index in [1.807, 2.05) is 4.90 Å². The van der Waals surface area contributed by atoms with Crippen LogP contribution in [0.3, 0.4) is 0 Å². The predicted octanol–water partition coefficient (Wildman–Crippen LogP) is 2.17. The van der Waals surface area contributed by atoms with Crippen molar-refractivity contribution in [3.05, 3.63) is 40.3 Å². The van der Waals surface area contributed by atoms with Crippen LogP contribution in [0.25, 0.3) is 0 Å². The van der Waals surface area contributed by atoms with Crippen LogP contribution in [0, 0.1) is 5.92 Å². The van der Waals surface area contributed by atoms with Gasteiger partial charge in [-0.3, -0.25) is 14.7 Å². The van der Waals surface area contributed by atoms with Crippen molar-refractivity contribution in [2.45, 2.75) is 31.7 Å². The number of likely N-dealkylation sites (tertiary alicyclic amines) is 2. The topological polar surface area (TPSA) is 69.3 Å². The monoisotopic (exact) mass is 358 g/mol. The van der Waals surface area contributed by atoms with E-state index in [0.717, 1.165) is 32.4 Å². The summed E-state index contributed by atoms with van der Waals surface area (Å²) in [5.41, 5.74) is 0.542. The standard InChI is InChI=1S/C18H22N4O2S/c23-17-4-3-13-12-21(18(24)15-5-8-19-20-15)9-7-16(13)22(17)10-6-14-2-1-11-25-14/h1-2,5,8,11,13,16H,3-4,6-7,9-10,12H2,(H,19,20). The number of rotatable bonds is 4. The Kier molecular flexibility index (Phi) is 4.57. The fourth-order valence-electron chi connectivity index (χ4n) is 4.06. The van der Waals surface area contributed by atoms with Gasteiger partial charge in [0, 0.05) is 43.2 Å². The number of carbonyl (C=O) groups is 2. The first-order chi connectivity index (χ1) is 12.2. The number of fused-ring (bicyclic) bond motifs is 1. The van der Waals surface area contributed by atoms with Gasteiger partial charge in [0.25, 0.3) is 5.91 Å². The van der Waals surface area contributed by atoms with E-state index in [1.54, 1.807) is 23.6 Å². The maximum absolute atomic E-state index is 12.5. The number of thiophene rings is 1. The molecule has 2 fully saturated rings. The average Bonchev–Trinajstić information content (AvgIpc) is 3.33. The summed E-state index contributed by atoms with van der Waals surface area (Å²) < 4.78 is 0. The van der Waals surface area contributed by atoms with Crippen LogP contribution in [0.5, 0.6) is 0 Å². The number of aromatic nitrogens is 2. The van der Waals surface area contributed by atoms with Crippen molar-refractivity contribution < 1.29 is 9.59 Å². The largest absolute Gasteiger partial charge is 0.339 e. The molecule has 2 aromatic rings. The van der Waals surface area contributed by atoms with Gasteiger partial charge in [0.2, 0.25) is 5.91 Å². The van der Waals surface area contributed by atoms with Crippen LogP contribution in [-0.4, -0.2) is 57.5 Å². The van der Waals surface area contributed by atoms with Gasteiger partial charge in [-0.2, -0.15) is 5.10 Å². The normalized spacial score (nSPS) is 23.6. The van der Waals surface area contributed by atoms with Crippen LogP contribution in [0.2, 0.25) is 0 Å². The summed E-state index contributed by atoms with van der Waals surface area (Å²) in [6.45, 7) is 2.21. The van der Waals surface area contributed by atoms with Crippen molar-refractivity contribution in [1.82, 2.24) is 20.0 Å². The van der Waals surface area contributed by atoms with Gasteiger partial charge in [-0.25, -0.2) is 0 Å². The SMILES string of the molecule is O=C(c1ccn[nH]1)N1CCC2C(CCC(=O)N2CCc2cccs2)C1. The maximum Gasteiger partial charge on any atom is 0.271 e. The highest BCUT2D eigenvalue weighted by Crippen LogP contribution is 2.32. The van der Waals surface area contributed by atoms with E-state index in [0.29, 0.717) is 24.6 Å². The molecule has 4 heterocycles. The predicted molar refractivity (Wildman–Crippen MR) is 95.4 cm³/mol. The van der Waals surface area contributed by atoms with Gasteiger partial charge in [0.1, 0.15) is 5.69 Å². The second kappa shape index (κ2) is 7.00. The van der Waals surface area contributed by atoms with E-state index >= 15 is 0 Å². The van der Waals surface area contributed by atoms with Gasteiger partial charge >= 0.3 is 0 Å². The number of nitrogens with one attached hydrogen (secondary N) is 1. The lowest BCUT2D eigenvalue weighted by molar-refractivity contribution is -0.140. The molecule has 6 nitrogen and oxygen atoms in total. The van der Waals surface area contributed by atoms with Gasteiger partial charge in [-0.05, 0) is 42.7 Å². The molecule has 1 N–H and O–H groups in total. The van der Waals surface area contributed by atoms with Crippen molar-refractivity contribution in [1.29, 1.82) is 0 Å². The second-order valence-electron chi connectivity index (χ2n) is 6.79. The Balaban J connectivity index is 1.41. The van der Waals surface area contributed by atoms with Gasteiger partial charge in [-0.1, -0.05) is 6.07 Å². The number of aromatic amines is 1. The van der Waals surface area contributed by atoms with Crippen LogP contribution in [0.4, 0.5) is 0 Å². The fraction of sp³-hybridized carbons (Fsp3) is 0.500. The molecule has 2 saturated heterocycles. The molecule has 132 valence electrons. The Morgan fingerprint density at radius 3 is 3.04 bits per heavy atom. The van der Waals surface area contributed by atoms with Gasteiger partial charge in [-0.15, -0.1) is 11.3 Å². The van der Waals surface area contributed by atoms with E-state index in [9.17, 15) is 9.59 Å². The molecule has 2 atom stereocenters. The summed E-state index contributed by atoms with van der Waals surface area (Å²) in [6, 6.07) is 6.17. The number of piperidine rings is 2. The minimum atomic E-state index is 0.0120. The lowest BCUT2D eigenvalue weighted by Gasteiger charge is -2.47. The molecule has 0 radical (unpaired) electrons. The first-order valence-electron chi connectivity index (χ1n) is 8.83. The zero-order valence-corrected chi connectivity index (χ0v) is 14.9. The van der Waals surface area contributed by atoms with E-state index in [2.05, 4.69) is 32.6 Å². The third kappa shape index (κ3) is 3.33. The Labute approximate surface area is 150 Å². The van der Waals surface area contributed by atoms with Crippen LogP contribution < -0.4 is 0 Å². The summed E-state index contributed by atoms with van der Waals surface area (Å²) in [5, 5.41) is 8.70. The van der Waals surface area contributed by atoms with Crippen molar-refractivity contribution in [2.24, 2.45) is 5.92 Å². The molecule has 0 saturated carbocycles. The quantitative estimate of drug-likeness (QED) is 0.911. The minimum absolute atomic E-state index is 0.0120. The molecular formula is C18H22N4O2S. The summed E-state index contributed by atoms with van der Waals surface area (Å²) in [7, 11) is 0. The van der Waals surface area contributed by atoms with Crippen LogP contribution in [-0.2, 0) is 11.2 Å². The summed E-state index contributed by atoms with van der Waals surface area (Å²) in [5.74, 6) is 0.658. The number of hydrogen-bond acceptors (Lipinski definition) is 4. The van der Waals surface area contributed by atoms with Crippen LogP contribution in [0.1, 0.15) is 34.6 Å². The zero-order chi connectivity index (χ0) is 17.2. The molecule has 2 aromatic heterocycles. The molecule has 0 spiro atoms. The molecule has 2 amide bonds. The molecule has 2 aliphatic rings. The Morgan fingerprint density at radius 2 is 2.28 bits per heavy atom. The highest BCUT2D eigenvalue weighted by atomic mass is 32.1. The molecule has 0 aromatic carbocycles. The fourth-order valence-corrected chi connectivity index (χ4v) is 4.76.